The molecule has 1 N–H and O–H groups in total. The highest BCUT2D eigenvalue weighted by atomic mass is 32.2. The Hall–Kier alpha value is -3.25. The van der Waals surface area contributed by atoms with Crippen LogP contribution < -0.4 is 5.32 Å². The number of esters is 1. The van der Waals surface area contributed by atoms with Crippen molar-refractivity contribution >= 4 is 27.4 Å². The molecule has 0 heterocycles. The van der Waals surface area contributed by atoms with Gasteiger partial charge in [0.15, 0.2) is 15.9 Å². The lowest BCUT2D eigenvalue weighted by molar-refractivity contribution is -0.152. The Labute approximate surface area is 161 Å². The number of benzene rings is 2. The number of nitrogens with one attached hydrogen (secondary N) is 1. The molecule has 2 aromatic carbocycles. The van der Waals surface area contributed by atoms with Crippen molar-refractivity contribution in [3.05, 3.63) is 59.9 Å². The maximum atomic E-state index is 12.9. The molecule has 7 nitrogen and oxygen atoms in total. The minimum absolute atomic E-state index is 0.107. The highest BCUT2D eigenvalue weighted by Crippen LogP contribution is 2.14. The molecular formula is C19H17FN2O5S. The van der Waals surface area contributed by atoms with Crippen LogP contribution in [0.2, 0.25) is 0 Å². The van der Waals surface area contributed by atoms with Crippen molar-refractivity contribution in [2.24, 2.45) is 0 Å². The Bertz CT molecular complexity index is 1010. The predicted octanol–water partition coefficient (Wildman–Crippen LogP) is 2.43. The van der Waals surface area contributed by atoms with E-state index < -0.39 is 45.8 Å². The summed E-state index contributed by atoms with van der Waals surface area (Å²) in [6, 6.07) is 12.4. The number of ether oxygens (including phenoxy) is 1. The highest BCUT2D eigenvalue weighted by molar-refractivity contribution is 7.91. The van der Waals surface area contributed by atoms with Gasteiger partial charge in [0.25, 0.3) is 5.91 Å². The Morgan fingerprint density at radius 3 is 2.54 bits per heavy atom. The maximum absolute atomic E-state index is 12.9. The standard InChI is InChI=1S/C19H17FN2O5S/c1-13(19(24)22-16-4-2-3-14(11-16)12-21)27-18(23)9-10-28(25,26)17-7-5-15(20)6-8-17/h2-8,11,13H,9-10H2,1H3,(H,22,24)/t13-/m1/s1. The van der Waals surface area contributed by atoms with Crippen LogP contribution in [0.25, 0.3) is 0 Å². The minimum atomic E-state index is -3.78. The normalized spacial score (nSPS) is 11.9. The first-order valence-corrected chi connectivity index (χ1v) is 9.85. The number of amides is 1. The van der Waals surface area contributed by atoms with Crippen molar-refractivity contribution < 1.29 is 27.1 Å². The Morgan fingerprint density at radius 2 is 1.89 bits per heavy atom. The van der Waals surface area contributed by atoms with E-state index in [4.69, 9.17) is 10.00 Å². The molecule has 9 heteroatoms. The molecule has 0 radical (unpaired) electrons. The van der Waals surface area contributed by atoms with Gasteiger partial charge in [-0.15, -0.1) is 0 Å². The molecule has 0 aliphatic carbocycles. The van der Waals surface area contributed by atoms with Gasteiger partial charge in [0.1, 0.15) is 5.82 Å². The van der Waals surface area contributed by atoms with Crippen LogP contribution >= 0.6 is 0 Å². The molecular weight excluding hydrogens is 387 g/mol. The number of hydrogen-bond donors (Lipinski definition) is 1. The van der Waals surface area contributed by atoms with E-state index in [1.807, 2.05) is 6.07 Å². The summed E-state index contributed by atoms with van der Waals surface area (Å²) < 4.78 is 42.1. The van der Waals surface area contributed by atoms with Crippen LogP contribution in [0.15, 0.2) is 53.4 Å². The van der Waals surface area contributed by atoms with E-state index >= 15 is 0 Å². The van der Waals surface area contributed by atoms with Gasteiger partial charge in [-0.3, -0.25) is 9.59 Å². The molecule has 2 aromatic rings. The summed E-state index contributed by atoms with van der Waals surface area (Å²) in [4.78, 5) is 23.8. The zero-order chi connectivity index (χ0) is 20.7. The lowest BCUT2D eigenvalue weighted by Gasteiger charge is -2.13. The van der Waals surface area contributed by atoms with Crippen molar-refractivity contribution in [1.82, 2.24) is 0 Å². The highest BCUT2D eigenvalue weighted by Gasteiger charge is 2.21. The molecule has 0 saturated carbocycles. The monoisotopic (exact) mass is 404 g/mol. The van der Waals surface area contributed by atoms with Crippen molar-refractivity contribution in [2.75, 3.05) is 11.1 Å². The average molecular weight is 404 g/mol. The molecule has 0 aliphatic rings. The number of carbonyl (C=O) groups is 2. The second-order valence-electron chi connectivity index (χ2n) is 5.84. The number of carbonyl (C=O) groups excluding carboxylic acids is 2. The van der Waals surface area contributed by atoms with E-state index in [9.17, 15) is 22.4 Å². The summed E-state index contributed by atoms with van der Waals surface area (Å²) in [5.41, 5.74) is 0.722. The third-order valence-electron chi connectivity index (χ3n) is 3.68. The van der Waals surface area contributed by atoms with E-state index in [1.54, 1.807) is 18.2 Å². The fraction of sp³-hybridized carbons (Fsp3) is 0.211. The van der Waals surface area contributed by atoms with Crippen molar-refractivity contribution in [3.63, 3.8) is 0 Å². The van der Waals surface area contributed by atoms with Crippen molar-refractivity contribution in [2.45, 2.75) is 24.3 Å². The Kier molecular flexibility index (Phi) is 6.84. The van der Waals surface area contributed by atoms with Crippen LogP contribution in [0.1, 0.15) is 18.9 Å². The van der Waals surface area contributed by atoms with Gasteiger partial charge in [-0.2, -0.15) is 5.26 Å². The molecule has 1 atom stereocenters. The van der Waals surface area contributed by atoms with E-state index in [0.717, 1.165) is 24.3 Å². The Morgan fingerprint density at radius 1 is 1.21 bits per heavy atom. The van der Waals surface area contributed by atoms with Crippen molar-refractivity contribution in [1.29, 1.82) is 5.26 Å². The molecule has 1 amide bonds. The van der Waals surface area contributed by atoms with Gasteiger partial charge in [0.2, 0.25) is 0 Å². The zero-order valence-electron chi connectivity index (χ0n) is 14.9. The predicted molar refractivity (Wildman–Crippen MR) is 98.4 cm³/mol. The van der Waals surface area contributed by atoms with E-state index in [0.29, 0.717) is 11.3 Å². The minimum Gasteiger partial charge on any atom is -0.453 e. The van der Waals surface area contributed by atoms with Gasteiger partial charge in [-0.1, -0.05) is 6.07 Å². The fourth-order valence-electron chi connectivity index (χ4n) is 2.20. The quantitative estimate of drug-likeness (QED) is 0.560. The molecule has 0 aromatic heterocycles. The molecule has 28 heavy (non-hydrogen) atoms. The molecule has 2 rings (SSSR count). The number of sulfone groups is 1. The third kappa shape index (κ3) is 5.89. The molecule has 146 valence electrons. The van der Waals surface area contributed by atoms with Gasteiger partial charge in [0.05, 0.1) is 28.7 Å². The van der Waals surface area contributed by atoms with Gasteiger partial charge < -0.3 is 10.1 Å². The largest absolute Gasteiger partial charge is 0.453 e. The van der Waals surface area contributed by atoms with Crippen LogP contribution in [-0.2, 0) is 24.2 Å². The second kappa shape index (κ2) is 9.10. The maximum Gasteiger partial charge on any atom is 0.307 e. The lowest BCUT2D eigenvalue weighted by atomic mass is 10.2. The van der Waals surface area contributed by atoms with E-state index in [2.05, 4.69) is 5.32 Å². The first kappa shape index (κ1) is 21.1. The van der Waals surface area contributed by atoms with Gasteiger partial charge >= 0.3 is 5.97 Å². The van der Waals surface area contributed by atoms with Crippen LogP contribution in [0, 0.1) is 17.1 Å². The first-order valence-electron chi connectivity index (χ1n) is 8.20. The smallest absolute Gasteiger partial charge is 0.307 e. The SMILES string of the molecule is C[C@@H](OC(=O)CCS(=O)(=O)c1ccc(F)cc1)C(=O)Nc1cccc(C#N)c1. The number of nitrogens with zero attached hydrogens (tertiary/aromatic N) is 1. The summed E-state index contributed by atoms with van der Waals surface area (Å²) in [5, 5.41) is 11.3. The zero-order valence-corrected chi connectivity index (χ0v) is 15.7. The van der Waals surface area contributed by atoms with E-state index in [1.165, 1.54) is 13.0 Å². The summed E-state index contributed by atoms with van der Waals surface area (Å²) in [7, 11) is -3.78. The molecule has 0 bridgehead atoms. The third-order valence-corrected chi connectivity index (χ3v) is 5.42. The molecule has 0 spiro atoms. The number of nitriles is 1. The van der Waals surface area contributed by atoms with Crippen LogP contribution in [0.4, 0.5) is 10.1 Å². The van der Waals surface area contributed by atoms with Crippen molar-refractivity contribution in [3.8, 4) is 6.07 Å². The summed E-state index contributed by atoms with van der Waals surface area (Å²) in [6.07, 6.45) is -1.62. The summed E-state index contributed by atoms with van der Waals surface area (Å²) in [5.74, 6) is -2.59. The topological polar surface area (TPSA) is 113 Å². The fourth-order valence-corrected chi connectivity index (χ4v) is 3.42. The number of halogens is 1. The molecule has 0 saturated heterocycles. The van der Waals surface area contributed by atoms with Gasteiger partial charge in [-0.05, 0) is 49.4 Å². The Balaban J connectivity index is 1.88. The number of rotatable bonds is 7. The van der Waals surface area contributed by atoms with Gasteiger partial charge in [-0.25, -0.2) is 12.8 Å². The lowest BCUT2D eigenvalue weighted by Crippen LogP contribution is -2.30. The molecule has 0 aliphatic heterocycles. The van der Waals surface area contributed by atoms with Crippen LogP contribution in [-0.4, -0.2) is 32.2 Å². The average Bonchev–Trinajstić information content (AvgIpc) is 2.67. The van der Waals surface area contributed by atoms with Gasteiger partial charge in [0, 0.05) is 5.69 Å². The number of anilines is 1. The summed E-state index contributed by atoms with van der Waals surface area (Å²) >= 11 is 0. The van der Waals surface area contributed by atoms with Crippen LogP contribution in [0.3, 0.4) is 0 Å². The summed E-state index contributed by atoms with van der Waals surface area (Å²) in [6.45, 7) is 1.34. The van der Waals surface area contributed by atoms with Crippen LogP contribution in [0.5, 0.6) is 0 Å². The molecule has 0 fully saturated rings. The second-order valence-corrected chi connectivity index (χ2v) is 7.95. The first-order chi connectivity index (χ1) is 13.2. The number of hydrogen-bond acceptors (Lipinski definition) is 6. The van der Waals surface area contributed by atoms with E-state index in [-0.39, 0.29) is 4.90 Å². The molecule has 0 unspecified atom stereocenters.